The molecule has 0 unspecified atom stereocenters. The van der Waals surface area contributed by atoms with Gasteiger partial charge in [-0.25, -0.2) is 4.98 Å². The summed E-state index contributed by atoms with van der Waals surface area (Å²) in [5.41, 5.74) is 2.04. The van der Waals surface area contributed by atoms with Crippen molar-refractivity contribution in [2.75, 3.05) is 12.4 Å². The van der Waals surface area contributed by atoms with Crippen molar-refractivity contribution in [3.8, 4) is 28.7 Å². The molecule has 0 radical (unpaired) electrons. The molecule has 0 bridgehead atoms. The second-order valence-corrected chi connectivity index (χ2v) is 6.37. The minimum Gasteiger partial charge on any atom is -0.497 e. The zero-order valence-corrected chi connectivity index (χ0v) is 16.0. The van der Waals surface area contributed by atoms with Crippen LogP contribution in [0.15, 0.2) is 65.3 Å². The van der Waals surface area contributed by atoms with Crippen LogP contribution < -0.4 is 10.1 Å². The lowest BCUT2D eigenvalue weighted by Crippen LogP contribution is -2.19. The highest BCUT2D eigenvalue weighted by atomic mass is 16.5. The standard InChI is InChI=1S/C21H19N5O3/c1-14-22-18(20-24-21(29-25-20)15-7-4-3-5-8-15)12-26(14)13-19(27)23-16-9-6-10-17(11-16)28-2/h3-12H,13H2,1-2H3,(H,23,27). The van der Waals surface area contributed by atoms with Crippen LogP contribution in [-0.2, 0) is 11.3 Å². The van der Waals surface area contributed by atoms with E-state index >= 15 is 0 Å². The summed E-state index contributed by atoms with van der Waals surface area (Å²) in [5, 5.41) is 6.86. The van der Waals surface area contributed by atoms with Crippen molar-refractivity contribution in [1.29, 1.82) is 0 Å². The maximum absolute atomic E-state index is 12.4. The van der Waals surface area contributed by atoms with E-state index in [2.05, 4.69) is 20.4 Å². The number of carbonyl (C=O) groups excluding carboxylic acids is 1. The summed E-state index contributed by atoms with van der Waals surface area (Å²) in [5.74, 6) is 1.97. The van der Waals surface area contributed by atoms with Crippen molar-refractivity contribution in [3.63, 3.8) is 0 Å². The predicted octanol–water partition coefficient (Wildman–Crippen LogP) is 3.56. The van der Waals surface area contributed by atoms with E-state index in [0.29, 0.717) is 34.7 Å². The lowest BCUT2D eigenvalue weighted by molar-refractivity contribution is -0.116. The fraction of sp³-hybridized carbons (Fsp3) is 0.143. The number of hydrogen-bond donors (Lipinski definition) is 1. The number of nitrogens with zero attached hydrogens (tertiary/aromatic N) is 4. The number of hydrogen-bond acceptors (Lipinski definition) is 6. The minimum atomic E-state index is -0.177. The molecule has 0 spiro atoms. The maximum Gasteiger partial charge on any atom is 0.258 e. The minimum absolute atomic E-state index is 0.111. The quantitative estimate of drug-likeness (QED) is 0.542. The van der Waals surface area contributed by atoms with Crippen molar-refractivity contribution in [2.45, 2.75) is 13.5 Å². The Balaban J connectivity index is 1.48. The van der Waals surface area contributed by atoms with Crippen LogP contribution in [-0.4, -0.2) is 32.7 Å². The molecule has 0 saturated carbocycles. The zero-order chi connectivity index (χ0) is 20.2. The molecule has 0 saturated heterocycles. The van der Waals surface area contributed by atoms with Gasteiger partial charge in [-0.3, -0.25) is 4.79 Å². The molecule has 0 atom stereocenters. The number of amides is 1. The number of anilines is 1. The smallest absolute Gasteiger partial charge is 0.258 e. The highest BCUT2D eigenvalue weighted by Gasteiger charge is 2.15. The summed E-state index contributed by atoms with van der Waals surface area (Å²) in [6.07, 6.45) is 1.74. The Bertz CT molecular complexity index is 1130. The Hall–Kier alpha value is -3.94. The average Bonchev–Trinajstić information content (AvgIpc) is 3.36. The fourth-order valence-electron chi connectivity index (χ4n) is 2.86. The average molecular weight is 389 g/mol. The van der Waals surface area contributed by atoms with E-state index in [1.165, 1.54) is 0 Å². The number of rotatable bonds is 6. The Morgan fingerprint density at radius 1 is 1.14 bits per heavy atom. The largest absolute Gasteiger partial charge is 0.497 e. The topological polar surface area (TPSA) is 95.1 Å². The second-order valence-electron chi connectivity index (χ2n) is 6.37. The first-order valence-electron chi connectivity index (χ1n) is 8.99. The third-order valence-electron chi connectivity index (χ3n) is 4.32. The highest BCUT2D eigenvalue weighted by Crippen LogP contribution is 2.22. The first-order chi connectivity index (χ1) is 14.1. The molecule has 0 aliphatic heterocycles. The number of imidazole rings is 1. The predicted molar refractivity (Wildman–Crippen MR) is 107 cm³/mol. The molecule has 4 rings (SSSR count). The zero-order valence-electron chi connectivity index (χ0n) is 16.0. The number of benzene rings is 2. The van der Waals surface area contributed by atoms with Gasteiger partial charge in [0.05, 0.1) is 7.11 Å². The highest BCUT2D eigenvalue weighted by molar-refractivity contribution is 5.90. The van der Waals surface area contributed by atoms with Gasteiger partial charge in [-0.1, -0.05) is 29.4 Å². The third kappa shape index (κ3) is 4.16. The van der Waals surface area contributed by atoms with Crippen LogP contribution in [0.3, 0.4) is 0 Å². The first kappa shape index (κ1) is 18.4. The van der Waals surface area contributed by atoms with E-state index in [1.807, 2.05) is 49.4 Å². The van der Waals surface area contributed by atoms with E-state index in [0.717, 1.165) is 5.56 Å². The van der Waals surface area contributed by atoms with Gasteiger partial charge in [0.25, 0.3) is 5.89 Å². The van der Waals surface area contributed by atoms with E-state index in [9.17, 15) is 4.79 Å². The molecule has 0 aliphatic rings. The van der Waals surface area contributed by atoms with Gasteiger partial charge < -0.3 is 19.1 Å². The Morgan fingerprint density at radius 3 is 2.76 bits per heavy atom. The summed E-state index contributed by atoms with van der Waals surface area (Å²) in [6, 6.07) is 16.7. The number of aromatic nitrogens is 4. The van der Waals surface area contributed by atoms with Gasteiger partial charge in [-0.05, 0) is 31.2 Å². The van der Waals surface area contributed by atoms with Gasteiger partial charge in [0.15, 0.2) is 0 Å². The van der Waals surface area contributed by atoms with Crippen molar-refractivity contribution in [3.05, 3.63) is 66.6 Å². The monoisotopic (exact) mass is 389 g/mol. The molecular weight excluding hydrogens is 370 g/mol. The summed E-state index contributed by atoms with van der Waals surface area (Å²) in [4.78, 5) is 21.3. The van der Waals surface area contributed by atoms with Crippen LogP contribution in [0.4, 0.5) is 5.69 Å². The molecule has 2 aromatic carbocycles. The van der Waals surface area contributed by atoms with E-state index < -0.39 is 0 Å². The molecule has 4 aromatic rings. The second kappa shape index (κ2) is 7.97. The van der Waals surface area contributed by atoms with E-state index in [-0.39, 0.29) is 12.5 Å². The van der Waals surface area contributed by atoms with Crippen LogP contribution in [0.5, 0.6) is 5.75 Å². The SMILES string of the molecule is COc1cccc(NC(=O)Cn2cc(-c3noc(-c4ccccc4)n3)nc2C)c1. The molecule has 146 valence electrons. The first-order valence-corrected chi connectivity index (χ1v) is 8.99. The van der Waals surface area contributed by atoms with Crippen molar-refractivity contribution >= 4 is 11.6 Å². The van der Waals surface area contributed by atoms with Gasteiger partial charge >= 0.3 is 0 Å². The van der Waals surface area contributed by atoms with Gasteiger partial charge in [-0.2, -0.15) is 4.98 Å². The molecule has 2 heterocycles. The van der Waals surface area contributed by atoms with Crippen molar-refractivity contribution < 1.29 is 14.1 Å². The number of methoxy groups -OCH3 is 1. The molecule has 1 N–H and O–H groups in total. The van der Waals surface area contributed by atoms with Gasteiger partial charge in [0.2, 0.25) is 11.7 Å². The Labute approximate surface area is 167 Å². The third-order valence-corrected chi connectivity index (χ3v) is 4.32. The molecule has 2 aromatic heterocycles. The van der Waals surface area contributed by atoms with Crippen molar-refractivity contribution in [2.24, 2.45) is 0 Å². The molecule has 29 heavy (non-hydrogen) atoms. The number of nitrogens with one attached hydrogen (secondary N) is 1. The summed E-state index contributed by atoms with van der Waals surface area (Å²) >= 11 is 0. The molecule has 1 amide bonds. The molecule has 8 heteroatoms. The Kier molecular flexibility index (Phi) is 5.07. The normalized spacial score (nSPS) is 10.7. The van der Waals surface area contributed by atoms with Crippen LogP contribution in [0.1, 0.15) is 5.82 Å². The number of aryl methyl sites for hydroxylation is 1. The van der Waals surface area contributed by atoms with E-state index in [1.54, 1.807) is 30.0 Å². The Morgan fingerprint density at radius 2 is 1.97 bits per heavy atom. The maximum atomic E-state index is 12.4. The van der Waals surface area contributed by atoms with Gasteiger partial charge in [0, 0.05) is 23.5 Å². The summed E-state index contributed by atoms with van der Waals surface area (Å²) in [7, 11) is 1.58. The van der Waals surface area contributed by atoms with Gasteiger partial charge in [0.1, 0.15) is 23.8 Å². The fourth-order valence-corrected chi connectivity index (χ4v) is 2.86. The molecule has 0 fully saturated rings. The van der Waals surface area contributed by atoms with Crippen LogP contribution in [0.2, 0.25) is 0 Å². The lowest BCUT2D eigenvalue weighted by atomic mass is 10.2. The summed E-state index contributed by atoms with van der Waals surface area (Å²) < 4.78 is 12.2. The van der Waals surface area contributed by atoms with Crippen LogP contribution >= 0.6 is 0 Å². The number of ether oxygens (including phenoxy) is 1. The molecule has 0 aliphatic carbocycles. The van der Waals surface area contributed by atoms with Crippen LogP contribution in [0.25, 0.3) is 23.0 Å². The summed E-state index contributed by atoms with van der Waals surface area (Å²) in [6.45, 7) is 1.93. The van der Waals surface area contributed by atoms with Gasteiger partial charge in [-0.15, -0.1) is 0 Å². The lowest BCUT2D eigenvalue weighted by Gasteiger charge is -2.08. The molecule has 8 nitrogen and oxygen atoms in total. The van der Waals surface area contributed by atoms with Crippen molar-refractivity contribution in [1.82, 2.24) is 19.7 Å². The van der Waals surface area contributed by atoms with Crippen LogP contribution in [0, 0.1) is 6.92 Å². The molecular formula is C21H19N5O3. The number of carbonyl (C=O) groups is 1. The van der Waals surface area contributed by atoms with E-state index in [4.69, 9.17) is 9.26 Å².